The van der Waals surface area contributed by atoms with Gasteiger partial charge in [-0.2, -0.15) is 4.98 Å². The van der Waals surface area contributed by atoms with Crippen molar-refractivity contribution in [3.8, 4) is 17.2 Å². The highest BCUT2D eigenvalue weighted by Crippen LogP contribution is 2.34. The molecule has 1 aliphatic heterocycles. The van der Waals surface area contributed by atoms with Gasteiger partial charge in [0, 0.05) is 24.9 Å². The Kier molecular flexibility index (Phi) is 4.91. The molecule has 0 radical (unpaired) electrons. The van der Waals surface area contributed by atoms with Gasteiger partial charge in [-0.3, -0.25) is 4.79 Å². The van der Waals surface area contributed by atoms with Gasteiger partial charge in [-0.1, -0.05) is 36.6 Å². The van der Waals surface area contributed by atoms with Gasteiger partial charge in [0.2, 0.25) is 5.91 Å². The number of carbonyl (C=O) groups excluding carboxylic acids is 1. The van der Waals surface area contributed by atoms with Crippen LogP contribution in [0.5, 0.6) is 5.75 Å². The molecular formula is C20H25N3O3. The summed E-state index contributed by atoms with van der Waals surface area (Å²) in [5.74, 6) is 2.05. The number of hydrogen-bond donors (Lipinski definition) is 0. The van der Waals surface area contributed by atoms with Crippen LogP contribution < -0.4 is 4.74 Å². The van der Waals surface area contributed by atoms with Gasteiger partial charge < -0.3 is 14.2 Å². The standard InChI is InChI=1S/C20H25N3O3/c1-2-25-17-11-7-6-10-16(17)20-21-19(22-26-20)14-12-18(24)23(13-14)15-8-4-3-5-9-15/h6-7,10-11,14-15H,2-5,8-9,12-13H2,1H3/t14-/m1/s1. The second-order valence-corrected chi connectivity index (χ2v) is 7.13. The van der Waals surface area contributed by atoms with E-state index >= 15 is 0 Å². The molecule has 4 rings (SSSR count). The summed E-state index contributed by atoms with van der Waals surface area (Å²) >= 11 is 0. The SMILES string of the molecule is CCOc1ccccc1-c1nc([C@@H]2CC(=O)N(C3CCCCC3)C2)no1. The molecule has 1 amide bonds. The van der Waals surface area contributed by atoms with E-state index in [0.717, 1.165) is 24.2 Å². The number of likely N-dealkylation sites (tertiary alicyclic amines) is 1. The zero-order chi connectivity index (χ0) is 17.9. The number of rotatable bonds is 5. The maximum Gasteiger partial charge on any atom is 0.261 e. The summed E-state index contributed by atoms with van der Waals surface area (Å²) in [6, 6.07) is 8.05. The van der Waals surface area contributed by atoms with Crippen LogP contribution in [0.15, 0.2) is 28.8 Å². The lowest BCUT2D eigenvalue weighted by Gasteiger charge is -2.31. The van der Waals surface area contributed by atoms with E-state index in [0.29, 0.717) is 37.3 Å². The number of benzene rings is 1. The molecule has 1 saturated carbocycles. The third-order valence-electron chi connectivity index (χ3n) is 5.40. The first kappa shape index (κ1) is 17.1. The number of hydrogen-bond acceptors (Lipinski definition) is 5. The molecule has 1 saturated heterocycles. The molecule has 0 N–H and O–H groups in total. The van der Waals surface area contributed by atoms with E-state index in [2.05, 4.69) is 10.1 Å². The van der Waals surface area contributed by atoms with Crippen molar-refractivity contribution in [2.75, 3.05) is 13.2 Å². The second-order valence-electron chi connectivity index (χ2n) is 7.13. The Balaban J connectivity index is 1.51. The van der Waals surface area contributed by atoms with Gasteiger partial charge in [0.15, 0.2) is 5.82 Å². The number of nitrogens with zero attached hydrogens (tertiary/aromatic N) is 3. The van der Waals surface area contributed by atoms with Crippen molar-refractivity contribution in [2.45, 2.75) is 57.4 Å². The van der Waals surface area contributed by atoms with Gasteiger partial charge in [-0.25, -0.2) is 0 Å². The van der Waals surface area contributed by atoms with Crippen molar-refractivity contribution in [3.05, 3.63) is 30.1 Å². The average Bonchev–Trinajstić information content (AvgIpc) is 3.30. The van der Waals surface area contributed by atoms with Gasteiger partial charge in [-0.05, 0) is 31.9 Å². The molecule has 2 aliphatic rings. The zero-order valence-corrected chi connectivity index (χ0v) is 15.2. The summed E-state index contributed by atoms with van der Waals surface area (Å²) in [5.41, 5.74) is 0.793. The largest absolute Gasteiger partial charge is 0.493 e. The maximum atomic E-state index is 12.5. The van der Waals surface area contributed by atoms with E-state index < -0.39 is 0 Å². The lowest BCUT2D eigenvalue weighted by atomic mass is 9.94. The third-order valence-corrected chi connectivity index (χ3v) is 5.40. The van der Waals surface area contributed by atoms with Crippen LogP contribution in [0, 0.1) is 0 Å². The Hall–Kier alpha value is -2.37. The molecule has 6 nitrogen and oxygen atoms in total. The molecule has 1 aliphatic carbocycles. The first-order valence-electron chi connectivity index (χ1n) is 9.61. The van der Waals surface area contributed by atoms with Gasteiger partial charge >= 0.3 is 0 Å². The van der Waals surface area contributed by atoms with E-state index in [1.54, 1.807) is 0 Å². The lowest BCUT2D eigenvalue weighted by Crippen LogP contribution is -2.37. The predicted octanol–water partition coefficient (Wildman–Crippen LogP) is 3.78. The number of amides is 1. The molecule has 2 fully saturated rings. The monoisotopic (exact) mass is 355 g/mol. The molecule has 0 spiro atoms. The molecule has 0 bridgehead atoms. The highest BCUT2D eigenvalue weighted by molar-refractivity contribution is 5.80. The maximum absolute atomic E-state index is 12.5. The quantitative estimate of drug-likeness (QED) is 0.816. The second kappa shape index (κ2) is 7.48. The summed E-state index contributed by atoms with van der Waals surface area (Å²) in [6.07, 6.45) is 6.45. The molecule has 6 heteroatoms. The van der Waals surface area contributed by atoms with Crippen LogP contribution in [-0.4, -0.2) is 40.1 Å². The lowest BCUT2D eigenvalue weighted by molar-refractivity contribution is -0.130. The molecule has 1 aromatic carbocycles. The van der Waals surface area contributed by atoms with Gasteiger partial charge in [0.1, 0.15) is 5.75 Å². The van der Waals surface area contributed by atoms with Crippen molar-refractivity contribution in [1.29, 1.82) is 0 Å². The molecule has 0 unspecified atom stereocenters. The molecule has 138 valence electrons. The van der Waals surface area contributed by atoms with Crippen molar-refractivity contribution in [2.24, 2.45) is 0 Å². The first-order chi connectivity index (χ1) is 12.8. The summed E-state index contributed by atoms with van der Waals surface area (Å²) in [6.45, 7) is 3.22. The molecular weight excluding hydrogens is 330 g/mol. The van der Waals surface area contributed by atoms with E-state index in [1.165, 1.54) is 19.3 Å². The minimum atomic E-state index is 0.0150. The van der Waals surface area contributed by atoms with E-state index in [9.17, 15) is 4.79 Å². The molecule has 2 heterocycles. The van der Waals surface area contributed by atoms with E-state index in [4.69, 9.17) is 9.26 Å². The zero-order valence-electron chi connectivity index (χ0n) is 15.2. The van der Waals surface area contributed by atoms with Gasteiger partial charge in [0.25, 0.3) is 5.89 Å². The fraction of sp³-hybridized carbons (Fsp3) is 0.550. The Bertz CT molecular complexity index is 767. The number of carbonyl (C=O) groups is 1. The van der Waals surface area contributed by atoms with E-state index in [1.807, 2.05) is 36.1 Å². The predicted molar refractivity (Wildman–Crippen MR) is 96.8 cm³/mol. The van der Waals surface area contributed by atoms with Crippen LogP contribution in [0.25, 0.3) is 11.5 Å². The minimum Gasteiger partial charge on any atom is -0.493 e. The topological polar surface area (TPSA) is 68.5 Å². The molecule has 1 aromatic heterocycles. The summed E-state index contributed by atoms with van der Waals surface area (Å²) < 4.78 is 11.1. The van der Waals surface area contributed by atoms with Crippen molar-refractivity contribution >= 4 is 5.91 Å². The number of para-hydroxylation sites is 1. The molecule has 1 atom stereocenters. The highest BCUT2D eigenvalue weighted by atomic mass is 16.5. The molecule has 2 aromatic rings. The Morgan fingerprint density at radius 2 is 2.04 bits per heavy atom. The molecule has 26 heavy (non-hydrogen) atoms. The average molecular weight is 355 g/mol. The van der Waals surface area contributed by atoms with Gasteiger partial charge in [-0.15, -0.1) is 0 Å². The van der Waals surface area contributed by atoms with Crippen LogP contribution in [-0.2, 0) is 4.79 Å². The Morgan fingerprint density at radius 3 is 2.85 bits per heavy atom. The van der Waals surface area contributed by atoms with Crippen LogP contribution in [0.1, 0.15) is 57.2 Å². The van der Waals surface area contributed by atoms with Crippen molar-refractivity contribution < 1.29 is 14.1 Å². The van der Waals surface area contributed by atoms with Crippen LogP contribution in [0.4, 0.5) is 0 Å². The van der Waals surface area contributed by atoms with Crippen molar-refractivity contribution in [1.82, 2.24) is 15.0 Å². The highest BCUT2D eigenvalue weighted by Gasteiger charge is 2.37. The van der Waals surface area contributed by atoms with Crippen LogP contribution >= 0.6 is 0 Å². The summed E-state index contributed by atoms with van der Waals surface area (Å²) in [5, 5.41) is 4.17. The number of ether oxygens (including phenoxy) is 1. The minimum absolute atomic E-state index is 0.0150. The van der Waals surface area contributed by atoms with Crippen LogP contribution in [0.2, 0.25) is 0 Å². The summed E-state index contributed by atoms with van der Waals surface area (Å²) in [7, 11) is 0. The van der Waals surface area contributed by atoms with E-state index in [-0.39, 0.29) is 11.8 Å². The van der Waals surface area contributed by atoms with Gasteiger partial charge in [0.05, 0.1) is 12.2 Å². The van der Waals surface area contributed by atoms with Crippen LogP contribution in [0.3, 0.4) is 0 Å². The van der Waals surface area contributed by atoms with Crippen molar-refractivity contribution in [3.63, 3.8) is 0 Å². The first-order valence-corrected chi connectivity index (χ1v) is 9.61. The fourth-order valence-corrected chi connectivity index (χ4v) is 4.08. The normalized spacial score (nSPS) is 21.3. The number of aromatic nitrogens is 2. The Morgan fingerprint density at radius 1 is 1.23 bits per heavy atom. The third kappa shape index (κ3) is 3.32. The Labute approximate surface area is 153 Å². The summed E-state index contributed by atoms with van der Waals surface area (Å²) in [4.78, 5) is 19.1. The smallest absolute Gasteiger partial charge is 0.261 e. The fourth-order valence-electron chi connectivity index (χ4n) is 4.08.